The molecular weight excluding hydrogens is 252 g/mol. The zero-order valence-corrected chi connectivity index (χ0v) is 13.2. The summed E-state index contributed by atoms with van der Waals surface area (Å²) in [5.74, 6) is -1.45. The van der Waals surface area contributed by atoms with Gasteiger partial charge in [-0.05, 0) is 26.2 Å². The third kappa shape index (κ3) is 4.48. The van der Waals surface area contributed by atoms with Gasteiger partial charge in [0.05, 0.1) is 0 Å². The minimum absolute atomic E-state index is 0.188. The van der Waals surface area contributed by atoms with Gasteiger partial charge in [0.2, 0.25) is 0 Å². The Labute approximate surface area is 121 Å². The molecule has 3 heteroatoms. The highest BCUT2D eigenvalue weighted by Gasteiger charge is 2.40. The van der Waals surface area contributed by atoms with Crippen molar-refractivity contribution in [3.63, 3.8) is 0 Å². The number of hydrogen-bond acceptors (Lipinski definition) is 3. The van der Waals surface area contributed by atoms with Crippen molar-refractivity contribution >= 4 is 11.8 Å². The molecule has 1 aromatic carbocycles. The first-order chi connectivity index (χ1) is 9.02. The van der Waals surface area contributed by atoms with Crippen LogP contribution in [-0.2, 0) is 9.53 Å². The van der Waals surface area contributed by atoms with Crippen molar-refractivity contribution in [2.75, 3.05) is 0 Å². The fourth-order valence-electron chi connectivity index (χ4n) is 1.98. The van der Waals surface area contributed by atoms with Crippen molar-refractivity contribution in [3.8, 4) is 0 Å². The van der Waals surface area contributed by atoms with E-state index in [4.69, 9.17) is 4.74 Å². The highest BCUT2D eigenvalue weighted by molar-refractivity contribution is 6.09. The summed E-state index contributed by atoms with van der Waals surface area (Å²) >= 11 is 0. The number of rotatable bonds is 3. The van der Waals surface area contributed by atoms with E-state index in [-0.39, 0.29) is 5.78 Å². The lowest BCUT2D eigenvalue weighted by Gasteiger charge is -2.30. The molecule has 110 valence electrons. The lowest BCUT2D eigenvalue weighted by Crippen LogP contribution is -2.40. The molecule has 0 radical (unpaired) electrons. The second-order valence-corrected chi connectivity index (χ2v) is 7.06. The molecule has 0 aromatic heterocycles. The topological polar surface area (TPSA) is 43.4 Å². The lowest BCUT2D eigenvalue weighted by atomic mass is 9.76. The number of hydrogen-bond donors (Lipinski definition) is 0. The first-order valence-corrected chi connectivity index (χ1v) is 6.84. The summed E-state index contributed by atoms with van der Waals surface area (Å²) in [6, 6.07) is 8.89. The third-order valence-corrected chi connectivity index (χ3v) is 2.83. The van der Waals surface area contributed by atoms with Gasteiger partial charge in [-0.3, -0.25) is 9.59 Å². The Morgan fingerprint density at radius 1 is 0.950 bits per heavy atom. The average molecular weight is 276 g/mol. The Kier molecular flexibility index (Phi) is 4.74. The van der Waals surface area contributed by atoms with Crippen LogP contribution in [0.4, 0.5) is 0 Å². The molecular formula is C17H24O3. The molecule has 20 heavy (non-hydrogen) atoms. The Bertz CT molecular complexity index is 475. The smallest absolute Gasteiger partial charge is 0.317 e. The molecule has 1 rings (SSSR count). The monoisotopic (exact) mass is 276 g/mol. The number of ether oxygens (including phenoxy) is 1. The van der Waals surface area contributed by atoms with Gasteiger partial charge in [0, 0.05) is 5.56 Å². The summed E-state index contributed by atoms with van der Waals surface area (Å²) < 4.78 is 5.41. The first kappa shape index (κ1) is 16.4. The van der Waals surface area contributed by atoms with E-state index in [0.29, 0.717) is 5.56 Å². The molecule has 0 saturated carbocycles. The zero-order valence-electron chi connectivity index (χ0n) is 13.2. The van der Waals surface area contributed by atoms with Crippen LogP contribution in [0.3, 0.4) is 0 Å². The van der Waals surface area contributed by atoms with Crippen molar-refractivity contribution in [2.24, 2.45) is 11.3 Å². The highest BCUT2D eigenvalue weighted by Crippen LogP contribution is 2.31. The molecule has 0 heterocycles. The molecule has 0 aliphatic heterocycles. The molecule has 0 amide bonds. The van der Waals surface area contributed by atoms with E-state index < -0.39 is 22.9 Å². The van der Waals surface area contributed by atoms with Gasteiger partial charge in [-0.25, -0.2) is 0 Å². The average Bonchev–Trinajstić information content (AvgIpc) is 2.25. The van der Waals surface area contributed by atoms with Crippen molar-refractivity contribution in [1.29, 1.82) is 0 Å². The van der Waals surface area contributed by atoms with Gasteiger partial charge in [0.1, 0.15) is 11.5 Å². The van der Waals surface area contributed by atoms with E-state index in [1.807, 2.05) is 26.8 Å². The molecule has 0 N–H and O–H groups in total. The Balaban J connectivity index is 3.09. The minimum atomic E-state index is -0.802. The van der Waals surface area contributed by atoms with Crippen LogP contribution in [0.5, 0.6) is 0 Å². The standard InChI is InChI=1S/C17H24O3/c1-16(2,3)13(15(19)20-17(4,5)6)14(18)12-10-8-7-9-11-12/h7-11,13H,1-6H3. The summed E-state index contributed by atoms with van der Waals surface area (Å²) in [6.07, 6.45) is 0. The maximum Gasteiger partial charge on any atom is 0.317 e. The van der Waals surface area contributed by atoms with Crippen LogP contribution in [-0.4, -0.2) is 17.4 Å². The van der Waals surface area contributed by atoms with Gasteiger partial charge in [-0.2, -0.15) is 0 Å². The molecule has 0 aliphatic carbocycles. The number of carbonyl (C=O) groups excluding carboxylic acids is 2. The number of benzene rings is 1. The summed E-state index contributed by atoms with van der Waals surface area (Å²) in [7, 11) is 0. The highest BCUT2D eigenvalue weighted by atomic mass is 16.6. The van der Waals surface area contributed by atoms with E-state index in [1.54, 1.807) is 45.0 Å². The van der Waals surface area contributed by atoms with Gasteiger partial charge < -0.3 is 4.74 Å². The van der Waals surface area contributed by atoms with Gasteiger partial charge in [-0.1, -0.05) is 51.1 Å². The Morgan fingerprint density at radius 3 is 1.85 bits per heavy atom. The second kappa shape index (κ2) is 5.78. The lowest BCUT2D eigenvalue weighted by molar-refractivity contribution is -0.161. The van der Waals surface area contributed by atoms with Gasteiger partial charge in [-0.15, -0.1) is 0 Å². The van der Waals surface area contributed by atoms with Crippen LogP contribution < -0.4 is 0 Å². The maximum atomic E-state index is 12.6. The summed E-state index contributed by atoms with van der Waals surface area (Å²) in [5.41, 5.74) is -0.550. The zero-order chi connectivity index (χ0) is 15.6. The van der Waals surface area contributed by atoms with Crippen LogP contribution in [0.1, 0.15) is 51.9 Å². The van der Waals surface area contributed by atoms with Crippen molar-refractivity contribution < 1.29 is 14.3 Å². The quantitative estimate of drug-likeness (QED) is 0.478. The van der Waals surface area contributed by atoms with E-state index in [2.05, 4.69) is 0 Å². The molecule has 0 bridgehead atoms. The van der Waals surface area contributed by atoms with Crippen molar-refractivity contribution in [1.82, 2.24) is 0 Å². The van der Waals surface area contributed by atoms with E-state index >= 15 is 0 Å². The van der Waals surface area contributed by atoms with Crippen LogP contribution in [0.2, 0.25) is 0 Å². The summed E-state index contributed by atoms with van der Waals surface area (Å²) in [4.78, 5) is 25.0. The normalized spacial score (nSPS) is 13.7. The predicted octanol–water partition coefficient (Wildman–Crippen LogP) is 3.87. The van der Waals surface area contributed by atoms with Crippen molar-refractivity contribution in [2.45, 2.75) is 47.1 Å². The summed E-state index contributed by atoms with van der Waals surface area (Å²) in [6.45, 7) is 11.0. The van der Waals surface area contributed by atoms with E-state index in [0.717, 1.165) is 0 Å². The molecule has 1 atom stereocenters. The largest absolute Gasteiger partial charge is 0.459 e. The third-order valence-electron chi connectivity index (χ3n) is 2.83. The molecule has 0 spiro atoms. The minimum Gasteiger partial charge on any atom is -0.459 e. The molecule has 0 fully saturated rings. The Morgan fingerprint density at radius 2 is 1.45 bits per heavy atom. The molecule has 3 nitrogen and oxygen atoms in total. The maximum absolute atomic E-state index is 12.6. The van der Waals surface area contributed by atoms with E-state index in [1.165, 1.54) is 0 Å². The first-order valence-electron chi connectivity index (χ1n) is 6.84. The summed E-state index contributed by atoms with van der Waals surface area (Å²) in [5, 5.41) is 0. The van der Waals surface area contributed by atoms with Crippen LogP contribution in [0.15, 0.2) is 30.3 Å². The fraction of sp³-hybridized carbons (Fsp3) is 0.529. The van der Waals surface area contributed by atoms with Crippen LogP contribution in [0, 0.1) is 11.3 Å². The number of ketones is 1. The van der Waals surface area contributed by atoms with Gasteiger partial charge >= 0.3 is 5.97 Å². The number of esters is 1. The predicted molar refractivity (Wildman–Crippen MR) is 79.6 cm³/mol. The fourth-order valence-corrected chi connectivity index (χ4v) is 1.98. The molecule has 0 aliphatic rings. The SMILES string of the molecule is CC(C)(C)OC(=O)C(C(=O)c1ccccc1)C(C)(C)C. The number of carbonyl (C=O) groups is 2. The second-order valence-electron chi connectivity index (χ2n) is 7.06. The van der Waals surface area contributed by atoms with Gasteiger partial charge in [0.15, 0.2) is 5.78 Å². The number of Topliss-reactive ketones (excluding diaryl/α,β-unsaturated/α-hetero) is 1. The van der Waals surface area contributed by atoms with Crippen molar-refractivity contribution in [3.05, 3.63) is 35.9 Å². The van der Waals surface area contributed by atoms with Crippen LogP contribution >= 0.6 is 0 Å². The van der Waals surface area contributed by atoms with Crippen LogP contribution in [0.25, 0.3) is 0 Å². The molecule has 1 aromatic rings. The molecule has 1 unspecified atom stereocenters. The van der Waals surface area contributed by atoms with Gasteiger partial charge in [0.25, 0.3) is 0 Å². The molecule has 0 saturated heterocycles. The van der Waals surface area contributed by atoms with E-state index in [9.17, 15) is 9.59 Å². The Hall–Kier alpha value is -1.64.